The summed E-state index contributed by atoms with van der Waals surface area (Å²) in [6.45, 7) is 1.64. The smallest absolute Gasteiger partial charge is 0.339 e. The van der Waals surface area contributed by atoms with E-state index in [-0.39, 0.29) is 5.56 Å². The van der Waals surface area contributed by atoms with E-state index in [1.54, 1.807) is 13.0 Å². The fourth-order valence-electron chi connectivity index (χ4n) is 2.44. The van der Waals surface area contributed by atoms with Gasteiger partial charge in [-0.1, -0.05) is 36.4 Å². The van der Waals surface area contributed by atoms with Crippen LogP contribution in [0.5, 0.6) is 0 Å². The maximum absolute atomic E-state index is 11.1. The van der Waals surface area contributed by atoms with Crippen molar-refractivity contribution in [2.75, 3.05) is 0 Å². The van der Waals surface area contributed by atoms with E-state index >= 15 is 0 Å². The normalized spacial score (nSPS) is 10.3. The average Bonchev–Trinajstić information content (AvgIpc) is 2.97. The molecular formula is C18H13N3O2. The number of carbonyl (C=O) groups is 1. The van der Waals surface area contributed by atoms with E-state index in [1.165, 1.54) is 10.9 Å². The average molecular weight is 303 g/mol. The Morgan fingerprint density at radius 1 is 1.22 bits per heavy atom. The molecule has 23 heavy (non-hydrogen) atoms. The maximum Gasteiger partial charge on any atom is 0.339 e. The highest BCUT2D eigenvalue weighted by atomic mass is 16.4. The molecule has 0 spiro atoms. The zero-order valence-corrected chi connectivity index (χ0v) is 12.4. The van der Waals surface area contributed by atoms with Gasteiger partial charge >= 0.3 is 5.97 Å². The second kappa shape index (κ2) is 5.78. The lowest BCUT2D eigenvalue weighted by Gasteiger charge is -2.07. The van der Waals surface area contributed by atoms with Crippen LogP contribution in [0.15, 0.2) is 54.7 Å². The quantitative estimate of drug-likeness (QED) is 0.804. The maximum atomic E-state index is 11.1. The van der Waals surface area contributed by atoms with Crippen LogP contribution in [0.2, 0.25) is 0 Å². The lowest BCUT2D eigenvalue weighted by atomic mass is 10.00. The summed E-state index contributed by atoms with van der Waals surface area (Å²) in [5, 5.41) is 22.7. The minimum absolute atomic E-state index is 0.149. The van der Waals surface area contributed by atoms with E-state index in [4.69, 9.17) is 5.11 Å². The van der Waals surface area contributed by atoms with Gasteiger partial charge in [0.15, 0.2) is 0 Å². The van der Waals surface area contributed by atoms with Crippen LogP contribution in [-0.2, 0) is 0 Å². The number of carboxylic acid groups (broad SMARTS) is 1. The Bertz CT molecular complexity index is 921. The highest BCUT2D eigenvalue weighted by Gasteiger charge is 2.14. The number of nitriles is 1. The predicted molar refractivity (Wildman–Crippen MR) is 85.4 cm³/mol. The third-order valence-corrected chi connectivity index (χ3v) is 3.60. The molecule has 3 aromatic rings. The number of benzene rings is 2. The van der Waals surface area contributed by atoms with Gasteiger partial charge in [0, 0.05) is 6.20 Å². The fourth-order valence-corrected chi connectivity index (χ4v) is 2.44. The van der Waals surface area contributed by atoms with Gasteiger partial charge in [-0.3, -0.25) is 0 Å². The van der Waals surface area contributed by atoms with Gasteiger partial charge in [0.1, 0.15) is 5.56 Å². The molecule has 0 bridgehead atoms. The summed E-state index contributed by atoms with van der Waals surface area (Å²) in [6.07, 6.45) is 1.45. The van der Waals surface area contributed by atoms with Crippen molar-refractivity contribution in [3.05, 3.63) is 71.5 Å². The van der Waals surface area contributed by atoms with Crippen molar-refractivity contribution in [3.63, 3.8) is 0 Å². The fraction of sp³-hybridized carbons (Fsp3) is 0.0556. The van der Waals surface area contributed by atoms with Crippen molar-refractivity contribution >= 4 is 5.97 Å². The van der Waals surface area contributed by atoms with Crippen molar-refractivity contribution < 1.29 is 9.90 Å². The molecule has 2 aromatic carbocycles. The molecule has 5 nitrogen and oxygen atoms in total. The number of aromatic carboxylic acids is 1. The molecule has 1 N–H and O–H groups in total. The third kappa shape index (κ3) is 2.70. The van der Waals surface area contributed by atoms with Crippen LogP contribution in [0.25, 0.3) is 16.8 Å². The minimum atomic E-state index is -1.02. The van der Waals surface area contributed by atoms with E-state index in [0.29, 0.717) is 16.9 Å². The van der Waals surface area contributed by atoms with E-state index in [9.17, 15) is 10.1 Å². The summed E-state index contributed by atoms with van der Waals surface area (Å²) in [6, 6.07) is 17.2. The first-order valence-electron chi connectivity index (χ1n) is 6.99. The molecule has 0 fully saturated rings. The number of hydrogen-bond acceptors (Lipinski definition) is 3. The standard InChI is InChI=1S/C18H13N3O2/c1-12-17(18(22)23)11-21(20-12)15-7-8-16(14(9-15)10-19)13-5-3-2-4-6-13/h2-9,11H,1H3,(H,22,23). The van der Waals surface area contributed by atoms with E-state index in [1.807, 2.05) is 42.5 Å². The zero-order chi connectivity index (χ0) is 16.4. The van der Waals surface area contributed by atoms with Crippen molar-refractivity contribution in [3.8, 4) is 22.9 Å². The van der Waals surface area contributed by atoms with Crippen LogP contribution in [0.4, 0.5) is 0 Å². The lowest BCUT2D eigenvalue weighted by molar-refractivity contribution is 0.0696. The minimum Gasteiger partial charge on any atom is -0.478 e. The molecule has 0 aliphatic rings. The van der Waals surface area contributed by atoms with E-state index < -0.39 is 5.97 Å². The van der Waals surface area contributed by atoms with Crippen LogP contribution < -0.4 is 0 Å². The van der Waals surface area contributed by atoms with Crippen LogP contribution in [0, 0.1) is 18.3 Å². The van der Waals surface area contributed by atoms with Crippen LogP contribution in [-0.4, -0.2) is 20.9 Å². The van der Waals surface area contributed by atoms with Gasteiger partial charge in [-0.2, -0.15) is 10.4 Å². The zero-order valence-electron chi connectivity index (χ0n) is 12.4. The summed E-state index contributed by atoms with van der Waals surface area (Å²) in [5.41, 5.74) is 3.53. The number of rotatable bonds is 3. The number of hydrogen-bond donors (Lipinski definition) is 1. The molecule has 0 radical (unpaired) electrons. The first-order valence-corrected chi connectivity index (χ1v) is 6.99. The van der Waals surface area contributed by atoms with Gasteiger partial charge in [-0.25, -0.2) is 9.48 Å². The monoisotopic (exact) mass is 303 g/mol. The first kappa shape index (κ1) is 14.5. The number of carboxylic acids is 1. The Kier molecular flexibility index (Phi) is 3.65. The highest BCUT2D eigenvalue weighted by Crippen LogP contribution is 2.25. The molecule has 1 aromatic heterocycles. The van der Waals surface area contributed by atoms with Gasteiger partial charge in [-0.05, 0) is 30.2 Å². The van der Waals surface area contributed by atoms with Gasteiger partial charge in [0.05, 0.1) is 23.0 Å². The largest absolute Gasteiger partial charge is 0.478 e. The highest BCUT2D eigenvalue weighted by molar-refractivity contribution is 5.88. The summed E-state index contributed by atoms with van der Waals surface area (Å²) in [4.78, 5) is 11.1. The van der Waals surface area contributed by atoms with E-state index in [2.05, 4.69) is 11.2 Å². The van der Waals surface area contributed by atoms with Gasteiger partial charge in [-0.15, -0.1) is 0 Å². The van der Waals surface area contributed by atoms with Crippen molar-refractivity contribution in [1.82, 2.24) is 9.78 Å². The summed E-state index contributed by atoms with van der Waals surface area (Å²) in [5.74, 6) is -1.02. The van der Waals surface area contributed by atoms with Crippen molar-refractivity contribution in [1.29, 1.82) is 5.26 Å². The molecule has 1 heterocycles. The summed E-state index contributed by atoms with van der Waals surface area (Å²) >= 11 is 0. The number of aryl methyl sites for hydroxylation is 1. The van der Waals surface area contributed by atoms with Crippen LogP contribution >= 0.6 is 0 Å². The Labute approximate surface area is 133 Å². The van der Waals surface area contributed by atoms with Crippen molar-refractivity contribution in [2.45, 2.75) is 6.92 Å². The van der Waals surface area contributed by atoms with Crippen LogP contribution in [0.3, 0.4) is 0 Å². The first-order chi connectivity index (χ1) is 11.1. The molecule has 5 heteroatoms. The Morgan fingerprint density at radius 2 is 1.96 bits per heavy atom. The predicted octanol–water partition coefficient (Wildman–Crippen LogP) is 3.42. The molecule has 0 saturated heterocycles. The number of nitrogens with zero attached hydrogens (tertiary/aromatic N) is 3. The lowest BCUT2D eigenvalue weighted by Crippen LogP contribution is -1.97. The van der Waals surface area contributed by atoms with Gasteiger partial charge in [0.25, 0.3) is 0 Å². The van der Waals surface area contributed by atoms with E-state index in [0.717, 1.165) is 11.1 Å². The molecule has 0 unspecified atom stereocenters. The second-order valence-corrected chi connectivity index (χ2v) is 5.09. The number of aromatic nitrogens is 2. The van der Waals surface area contributed by atoms with Gasteiger partial charge in [0.2, 0.25) is 0 Å². The topological polar surface area (TPSA) is 78.9 Å². The molecule has 0 saturated carbocycles. The Morgan fingerprint density at radius 3 is 2.57 bits per heavy atom. The molecule has 0 aliphatic carbocycles. The van der Waals surface area contributed by atoms with Crippen LogP contribution in [0.1, 0.15) is 21.6 Å². The third-order valence-electron chi connectivity index (χ3n) is 3.60. The van der Waals surface area contributed by atoms with Gasteiger partial charge < -0.3 is 5.11 Å². The molecule has 0 aliphatic heterocycles. The molecule has 3 rings (SSSR count). The SMILES string of the molecule is Cc1nn(-c2ccc(-c3ccccc3)c(C#N)c2)cc1C(=O)O. The Hall–Kier alpha value is -3.39. The summed E-state index contributed by atoms with van der Waals surface area (Å²) in [7, 11) is 0. The summed E-state index contributed by atoms with van der Waals surface area (Å²) < 4.78 is 1.48. The Balaban J connectivity index is 2.08. The second-order valence-electron chi connectivity index (χ2n) is 5.09. The van der Waals surface area contributed by atoms with Crippen molar-refractivity contribution in [2.24, 2.45) is 0 Å². The molecule has 0 amide bonds. The molecule has 112 valence electrons. The molecular weight excluding hydrogens is 290 g/mol. The molecule has 0 atom stereocenters.